The normalized spacial score (nSPS) is 9.69. The fourth-order valence-electron chi connectivity index (χ4n) is 1.23. The molecule has 0 aliphatic heterocycles. The number of hydrogen-bond acceptors (Lipinski definition) is 2. The molecule has 0 saturated carbocycles. The molecule has 0 radical (unpaired) electrons. The highest BCUT2D eigenvalue weighted by molar-refractivity contribution is 5.78. The van der Waals surface area contributed by atoms with Crippen LogP contribution in [0.5, 0.6) is 0 Å². The van der Waals surface area contributed by atoms with Crippen molar-refractivity contribution in [2.45, 2.75) is 20.3 Å². The van der Waals surface area contributed by atoms with Crippen molar-refractivity contribution >= 4 is 11.5 Å². The van der Waals surface area contributed by atoms with Gasteiger partial charge in [-0.2, -0.15) is 0 Å². The minimum Gasteiger partial charge on any atom is -0.385 e. The zero-order chi connectivity index (χ0) is 9.68. The Kier molecular flexibility index (Phi) is 3.50. The van der Waals surface area contributed by atoms with Gasteiger partial charge >= 0.3 is 0 Å². The molecule has 1 rings (SSSR count). The van der Waals surface area contributed by atoms with E-state index in [0.717, 1.165) is 17.8 Å². The Balaban J connectivity index is 2.64. The van der Waals surface area contributed by atoms with Crippen LogP contribution in [0.4, 0.5) is 5.69 Å². The quantitative estimate of drug-likeness (QED) is 0.764. The second-order valence-corrected chi connectivity index (χ2v) is 3.11. The van der Waals surface area contributed by atoms with Crippen LogP contribution in [0, 0.1) is 0 Å². The van der Waals surface area contributed by atoms with Gasteiger partial charge in [0.2, 0.25) is 0 Å². The first-order chi connectivity index (χ1) is 6.22. The Morgan fingerprint density at radius 2 is 1.92 bits per heavy atom. The minimum absolute atomic E-state index is 0.205. The van der Waals surface area contributed by atoms with Crippen molar-refractivity contribution in [2.75, 3.05) is 11.9 Å². The summed E-state index contributed by atoms with van der Waals surface area (Å²) in [5, 5.41) is 3.20. The van der Waals surface area contributed by atoms with Gasteiger partial charge in [-0.15, -0.1) is 0 Å². The monoisotopic (exact) mass is 177 g/mol. The summed E-state index contributed by atoms with van der Waals surface area (Å²) in [4.78, 5) is 10.8. The summed E-state index contributed by atoms with van der Waals surface area (Å²) in [6, 6.07) is 7.97. The molecular formula is C11H15NO. The Morgan fingerprint density at radius 3 is 2.38 bits per heavy atom. The van der Waals surface area contributed by atoms with Crippen molar-refractivity contribution in [1.82, 2.24) is 0 Å². The molecule has 0 spiro atoms. The van der Waals surface area contributed by atoms with Gasteiger partial charge < -0.3 is 5.32 Å². The Hall–Kier alpha value is -1.31. The topological polar surface area (TPSA) is 29.1 Å². The van der Waals surface area contributed by atoms with Crippen LogP contribution in [0.25, 0.3) is 0 Å². The lowest BCUT2D eigenvalue weighted by Gasteiger charge is -2.03. The van der Waals surface area contributed by atoms with Crippen LogP contribution in [0.1, 0.15) is 19.4 Å². The molecule has 2 nitrogen and oxygen atoms in total. The number of Topliss-reactive ketones (excluding diaryl/α,β-unsaturated/α-hetero) is 1. The molecule has 0 unspecified atom stereocenters. The van der Waals surface area contributed by atoms with Crippen LogP contribution >= 0.6 is 0 Å². The average Bonchev–Trinajstić information content (AvgIpc) is 2.08. The molecule has 0 aliphatic carbocycles. The Morgan fingerprint density at radius 1 is 1.31 bits per heavy atom. The van der Waals surface area contributed by atoms with E-state index in [1.807, 2.05) is 24.3 Å². The van der Waals surface area contributed by atoms with Crippen LogP contribution in [-0.4, -0.2) is 12.3 Å². The van der Waals surface area contributed by atoms with Crippen LogP contribution in [0.2, 0.25) is 0 Å². The van der Waals surface area contributed by atoms with Gasteiger partial charge in [0, 0.05) is 18.7 Å². The van der Waals surface area contributed by atoms with Crippen LogP contribution in [-0.2, 0) is 11.2 Å². The first-order valence-corrected chi connectivity index (χ1v) is 4.54. The van der Waals surface area contributed by atoms with E-state index in [-0.39, 0.29) is 5.78 Å². The predicted octanol–water partition coefficient (Wildman–Crippen LogP) is 2.25. The van der Waals surface area contributed by atoms with Gasteiger partial charge in [0.25, 0.3) is 0 Å². The van der Waals surface area contributed by atoms with Gasteiger partial charge in [-0.05, 0) is 31.5 Å². The van der Waals surface area contributed by atoms with Gasteiger partial charge in [0.05, 0.1) is 0 Å². The van der Waals surface area contributed by atoms with E-state index in [1.54, 1.807) is 6.92 Å². The van der Waals surface area contributed by atoms with Gasteiger partial charge in [-0.1, -0.05) is 12.1 Å². The molecule has 70 valence electrons. The van der Waals surface area contributed by atoms with Gasteiger partial charge in [0.1, 0.15) is 5.78 Å². The average molecular weight is 177 g/mol. The smallest absolute Gasteiger partial charge is 0.134 e. The number of hydrogen-bond donors (Lipinski definition) is 1. The third-order valence-corrected chi connectivity index (χ3v) is 1.79. The highest BCUT2D eigenvalue weighted by atomic mass is 16.1. The molecule has 0 aliphatic rings. The first kappa shape index (κ1) is 9.78. The summed E-state index contributed by atoms with van der Waals surface area (Å²) in [6.45, 7) is 4.59. The molecule has 2 heteroatoms. The number of carbonyl (C=O) groups excluding carboxylic acids is 1. The maximum atomic E-state index is 10.8. The lowest BCUT2D eigenvalue weighted by molar-refractivity contribution is -0.116. The minimum atomic E-state index is 0.205. The van der Waals surface area contributed by atoms with E-state index in [4.69, 9.17) is 0 Å². The van der Waals surface area contributed by atoms with E-state index < -0.39 is 0 Å². The van der Waals surface area contributed by atoms with Gasteiger partial charge in [-0.3, -0.25) is 4.79 Å². The fourth-order valence-corrected chi connectivity index (χ4v) is 1.23. The lowest BCUT2D eigenvalue weighted by Crippen LogP contribution is -1.98. The lowest BCUT2D eigenvalue weighted by atomic mass is 10.1. The zero-order valence-corrected chi connectivity index (χ0v) is 8.13. The maximum Gasteiger partial charge on any atom is 0.134 e. The molecule has 1 aromatic carbocycles. The summed E-state index contributed by atoms with van der Waals surface area (Å²) in [5.41, 5.74) is 2.18. The zero-order valence-electron chi connectivity index (χ0n) is 8.13. The van der Waals surface area contributed by atoms with E-state index in [1.165, 1.54) is 0 Å². The molecule has 0 aromatic heterocycles. The SMILES string of the molecule is CCNc1ccc(CC(C)=O)cc1. The third kappa shape index (κ3) is 3.28. The highest BCUT2D eigenvalue weighted by Crippen LogP contribution is 2.09. The van der Waals surface area contributed by atoms with Crippen molar-refractivity contribution in [3.8, 4) is 0 Å². The van der Waals surface area contributed by atoms with Crippen molar-refractivity contribution in [1.29, 1.82) is 0 Å². The second kappa shape index (κ2) is 4.65. The standard InChI is InChI=1S/C11H15NO/c1-3-12-11-6-4-10(5-7-11)8-9(2)13/h4-7,12H,3,8H2,1-2H3. The fraction of sp³-hybridized carbons (Fsp3) is 0.364. The van der Waals surface area contributed by atoms with Gasteiger partial charge in [0.15, 0.2) is 0 Å². The summed E-state index contributed by atoms with van der Waals surface area (Å²) in [5.74, 6) is 0.205. The number of anilines is 1. The molecule has 0 fully saturated rings. The summed E-state index contributed by atoms with van der Waals surface area (Å²) in [7, 11) is 0. The Bertz CT molecular complexity index is 277. The summed E-state index contributed by atoms with van der Waals surface area (Å²) >= 11 is 0. The molecule has 0 bridgehead atoms. The number of benzene rings is 1. The summed E-state index contributed by atoms with van der Waals surface area (Å²) in [6.07, 6.45) is 0.534. The van der Waals surface area contributed by atoms with Crippen LogP contribution < -0.4 is 5.32 Å². The van der Waals surface area contributed by atoms with Crippen LogP contribution in [0.3, 0.4) is 0 Å². The Labute approximate surface area is 79.0 Å². The highest BCUT2D eigenvalue weighted by Gasteiger charge is 1.96. The summed E-state index contributed by atoms with van der Waals surface area (Å²) < 4.78 is 0. The molecule has 0 amide bonds. The maximum absolute atomic E-state index is 10.8. The van der Waals surface area contributed by atoms with Crippen LogP contribution in [0.15, 0.2) is 24.3 Å². The third-order valence-electron chi connectivity index (χ3n) is 1.79. The van der Waals surface area contributed by atoms with E-state index in [0.29, 0.717) is 6.42 Å². The largest absolute Gasteiger partial charge is 0.385 e. The first-order valence-electron chi connectivity index (χ1n) is 4.54. The van der Waals surface area contributed by atoms with Crippen molar-refractivity contribution in [3.63, 3.8) is 0 Å². The number of carbonyl (C=O) groups is 1. The molecular weight excluding hydrogens is 162 g/mol. The number of rotatable bonds is 4. The molecule has 1 N–H and O–H groups in total. The van der Waals surface area contributed by atoms with Crippen molar-refractivity contribution in [2.24, 2.45) is 0 Å². The predicted molar refractivity (Wildman–Crippen MR) is 55.0 cm³/mol. The van der Waals surface area contributed by atoms with E-state index >= 15 is 0 Å². The molecule has 1 aromatic rings. The van der Waals surface area contributed by atoms with Crippen molar-refractivity contribution < 1.29 is 4.79 Å². The number of nitrogens with one attached hydrogen (secondary N) is 1. The molecule has 0 saturated heterocycles. The second-order valence-electron chi connectivity index (χ2n) is 3.11. The molecule has 0 atom stereocenters. The van der Waals surface area contributed by atoms with E-state index in [2.05, 4.69) is 12.2 Å². The number of ketones is 1. The molecule has 0 heterocycles. The molecule has 13 heavy (non-hydrogen) atoms. The van der Waals surface area contributed by atoms with Crippen molar-refractivity contribution in [3.05, 3.63) is 29.8 Å². The van der Waals surface area contributed by atoms with Gasteiger partial charge in [-0.25, -0.2) is 0 Å². The van der Waals surface area contributed by atoms with E-state index in [9.17, 15) is 4.79 Å².